The topological polar surface area (TPSA) is 77.5 Å². The normalized spacial score (nSPS) is 13.9. The maximum atomic E-state index is 11.9. The van der Waals surface area contributed by atoms with Crippen LogP contribution in [0.4, 0.5) is 0 Å². The van der Waals surface area contributed by atoms with Gasteiger partial charge in [0.05, 0.1) is 13.2 Å². The number of carbonyl (C=O) groups excluding carboxylic acids is 1. The predicted octanol–water partition coefficient (Wildman–Crippen LogP) is 3.05. The molecule has 3 N–H and O–H groups in total. The van der Waals surface area contributed by atoms with Crippen LogP contribution in [0, 0.1) is 6.92 Å². The number of hydrogen-bond acceptors (Lipinski definition) is 4. The summed E-state index contributed by atoms with van der Waals surface area (Å²) in [7, 11) is 1.64. The standard InChI is InChI=1S/C17H24N2O3/c1-10(18)5-8-16(20)19-12(3)17-11(2)14-9-13(21-4)6-7-15(14)22-17/h6-7,9-10,12H,5,8,18H2,1-4H3,(H,19,20). The van der Waals surface area contributed by atoms with E-state index in [0.29, 0.717) is 12.8 Å². The zero-order valence-electron chi connectivity index (χ0n) is 13.6. The Hall–Kier alpha value is -2.01. The van der Waals surface area contributed by atoms with E-state index in [2.05, 4.69) is 5.32 Å². The molecule has 1 aromatic carbocycles. The van der Waals surface area contributed by atoms with Crippen molar-refractivity contribution in [2.24, 2.45) is 5.73 Å². The average Bonchev–Trinajstić information content (AvgIpc) is 2.82. The molecular weight excluding hydrogens is 280 g/mol. The zero-order chi connectivity index (χ0) is 16.3. The molecule has 0 bridgehead atoms. The Labute approximate surface area is 130 Å². The smallest absolute Gasteiger partial charge is 0.220 e. The molecule has 1 amide bonds. The number of hydrogen-bond donors (Lipinski definition) is 2. The van der Waals surface area contributed by atoms with E-state index in [-0.39, 0.29) is 18.0 Å². The third-order valence-corrected chi connectivity index (χ3v) is 3.78. The van der Waals surface area contributed by atoms with Gasteiger partial charge in [0.25, 0.3) is 0 Å². The molecule has 0 aliphatic heterocycles. The number of aryl methyl sites for hydroxylation is 1. The van der Waals surface area contributed by atoms with Gasteiger partial charge < -0.3 is 20.2 Å². The van der Waals surface area contributed by atoms with Crippen LogP contribution >= 0.6 is 0 Å². The molecule has 0 aliphatic rings. The molecule has 0 saturated carbocycles. The fraction of sp³-hybridized carbons (Fsp3) is 0.471. The fourth-order valence-corrected chi connectivity index (χ4v) is 2.50. The average molecular weight is 304 g/mol. The number of rotatable bonds is 6. The van der Waals surface area contributed by atoms with Crippen LogP contribution in [0.15, 0.2) is 22.6 Å². The lowest BCUT2D eigenvalue weighted by atomic mass is 10.1. The van der Waals surface area contributed by atoms with Crippen molar-refractivity contribution in [2.75, 3.05) is 7.11 Å². The minimum Gasteiger partial charge on any atom is -0.497 e. The van der Waals surface area contributed by atoms with Crippen molar-refractivity contribution >= 4 is 16.9 Å². The highest BCUT2D eigenvalue weighted by molar-refractivity contribution is 5.84. The first kappa shape index (κ1) is 16.4. The van der Waals surface area contributed by atoms with E-state index in [1.807, 2.05) is 39.0 Å². The van der Waals surface area contributed by atoms with Crippen molar-refractivity contribution in [3.05, 3.63) is 29.5 Å². The highest BCUT2D eigenvalue weighted by atomic mass is 16.5. The summed E-state index contributed by atoms with van der Waals surface area (Å²) in [5, 5.41) is 3.97. The maximum Gasteiger partial charge on any atom is 0.220 e. The van der Waals surface area contributed by atoms with Gasteiger partial charge in [-0.3, -0.25) is 4.79 Å². The van der Waals surface area contributed by atoms with Crippen LogP contribution in [0.5, 0.6) is 5.75 Å². The minimum atomic E-state index is -0.182. The quantitative estimate of drug-likeness (QED) is 0.860. The number of furan rings is 1. The Bertz CT molecular complexity index is 661. The van der Waals surface area contributed by atoms with E-state index in [0.717, 1.165) is 28.0 Å². The Morgan fingerprint density at radius 3 is 2.77 bits per heavy atom. The zero-order valence-corrected chi connectivity index (χ0v) is 13.6. The van der Waals surface area contributed by atoms with Crippen molar-refractivity contribution in [1.82, 2.24) is 5.32 Å². The lowest BCUT2D eigenvalue weighted by molar-refractivity contribution is -0.122. The second kappa shape index (κ2) is 6.83. The van der Waals surface area contributed by atoms with Gasteiger partial charge in [-0.2, -0.15) is 0 Å². The lowest BCUT2D eigenvalue weighted by Crippen LogP contribution is -2.28. The van der Waals surface area contributed by atoms with Crippen LogP contribution in [-0.2, 0) is 4.79 Å². The molecule has 0 spiro atoms. The van der Waals surface area contributed by atoms with Gasteiger partial charge in [-0.15, -0.1) is 0 Å². The first-order chi connectivity index (χ1) is 10.4. The van der Waals surface area contributed by atoms with Crippen LogP contribution in [0.3, 0.4) is 0 Å². The number of benzene rings is 1. The molecule has 0 radical (unpaired) electrons. The Balaban J connectivity index is 2.16. The molecule has 0 aliphatic carbocycles. The first-order valence-corrected chi connectivity index (χ1v) is 7.54. The molecule has 1 heterocycles. The summed E-state index contributed by atoms with van der Waals surface area (Å²) < 4.78 is 11.1. The largest absolute Gasteiger partial charge is 0.497 e. The van der Waals surface area contributed by atoms with E-state index in [4.69, 9.17) is 14.9 Å². The van der Waals surface area contributed by atoms with Gasteiger partial charge in [-0.25, -0.2) is 0 Å². The molecule has 1 aromatic heterocycles. The fourth-order valence-electron chi connectivity index (χ4n) is 2.50. The number of methoxy groups -OCH3 is 1. The van der Waals surface area contributed by atoms with Crippen molar-refractivity contribution in [1.29, 1.82) is 0 Å². The number of amides is 1. The molecule has 2 rings (SSSR count). The van der Waals surface area contributed by atoms with Crippen molar-refractivity contribution < 1.29 is 13.9 Å². The van der Waals surface area contributed by atoms with E-state index in [1.165, 1.54) is 0 Å². The van der Waals surface area contributed by atoms with Gasteiger partial charge in [0.1, 0.15) is 17.1 Å². The van der Waals surface area contributed by atoms with Gasteiger partial charge in [-0.1, -0.05) is 0 Å². The van der Waals surface area contributed by atoms with Crippen LogP contribution in [0.2, 0.25) is 0 Å². The summed E-state index contributed by atoms with van der Waals surface area (Å²) in [5.41, 5.74) is 7.49. The highest BCUT2D eigenvalue weighted by Crippen LogP contribution is 2.31. The molecule has 22 heavy (non-hydrogen) atoms. The summed E-state index contributed by atoms with van der Waals surface area (Å²) in [6.07, 6.45) is 1.10. The monoisotopic (exact) mass is 304 g/mol. The highest BCUT2D eigenvalue weighted by Gasteiger charge is 2.18. The number of carbonyl (C=O) groups is 1. The van der Waals surface area contributed by atoms with Gasteiger partial charge in [0, 0.05) is 23.4 Å². The SMILES string of the molecule is COc1ccc2oc(C(C)NC(=O)CCC(C)N)c(C)c2c1. The Kier molecular flexibility index (Phi) is 5.08. The maximum absolute atomic E-state index is 11.9. The van der Waals surface area contributed by atoms with Crippen LogP contribution in [0.1, 0.15) is 44.1 Å². The number of fused-ring (bicyclic) bond motifs is 1. The molecular formula is C17H24N2O3. The molecule has 5 heteroatoms. The number of nitrogens with one attached hydrogen (secondary N) is 1. The van der Waals surface area contributed by atoms with E-state index in [1.54, 1.807) is 7.11 Å². The van der Waals surface area contributed by atoms with Gasteiger partial charge in [0.15, 0.2) is 0 Å². The molecule has 2 aromatic rings. The van der Waals surface area contributed by atoms with Crippen molar-refractivity contribution in [2.45, 2.75) is 45.7 Å². The van der Waals surface area contributed by atoms with Crippen molar-refractivity contribution in [3.63, 3.8) is 0 Å². The van der Waals surface area contributed by atoms with Crippen molar-refractivity contribution in [3.8, 4) is 5.75 Å². The second-order valence-corrected chi connectivity index (χ2v) is 5.76. The third-order valence-electron chi connectivity index (χ3n) is 3.78. The lowest BCUT2D eigenvalue weighted by Gasteiger charge is -2.13. The van der Waals surface area contributed by atoms with Crippen LogP contribution in [0.25, 0.3) is 11.0 Å². The van der Waals surface area contributed by atoms with Crippen LogP contribution in [-0.4, -0.2) is 19.1 Å². The van der Waals surface area contributed by atoms with Gasteiger partial charge >= 0.3 is 0 Å². The summed E-state index contributed by atoms with van der Waals surface area (Å²) >= 11 is 0. The molecule has 0 fully saturated rings. The van der Waals surface area contributed by atoms with Gasteiger partial charge in [0.2, 0.25) is 5.91 Å². The van der Waals surface area contributed by atoms with Gasteiger partial charge in [-0.05, 0) is 45.4 Å². The molecule has 0 saturated heterocycles. The first-order valence-electron chi connectivity index (χ1n) is 7.54. The number of ether oxygens (including phenoxy) is 1. The summed E-state index contributed by atoms with van der Waals surface area (Å²) in [6, 6.07) is 5.54. The Morgan fingerprint density at radius 1 is 1.41 bits per heavy atom. The molecule has 2 unspecified atom stereocenters. The van der Waals surface area contributed by atoms with E-state index in [9.17, 15) is 4.79 Å². The number of nitrogens with two attached hydrogens (primary N) is 1. The predicted molar refractivity (Wildman–Crippen MR) is 86.9 cm³/mol. The van der Waals surface area contributed by atoms with E-state index < -0.39 is 0 Å². The third kappa shape index (κ3) is 3.60. The molecule has 120 valence electrons. The molecule has 2 atom stereocenters. The molecule has 5 nitrogen and oxygen atoms in total. The van der Waals surface area contributed by atoms with Crippen LogP contribution < -0.4 is 15.8 Å². The Morgan fingerprint density at radius 2 is 2.14 bits per heavy atom. The summed E-state index contributed by atoms with van der Waals surface area (Å²) in [6.45, 7) is 5.81. The second-order valence-electron chi connectivity index (χ2n) is 5.76. The van der Waals surface area contributed by atoms with E-state index >= 15 is 0 Å². The minimum absolute atomic E-state index is 0.0118. The summed E-state index contributed by atoms with van der Waals surface area (Å²) in [4.78, 5) is 11.9. The summed E-state index contributed by atoms with van der Waals surface area (Å²) in [5.74, 6) is 1.55.